The average molecular weight is 342 g/mol. The Morgan fingerprint density at radius 3 is 2.72 bits per heavy atom. The maximum absolute atomic E-state index is 6.28. The topological polar surface area (TPSA) is 54.5 Å². The molecule has 0 saturated carbocycles. The monoisotopic (exact) mass is 340 g/mol. The lowest BCUT2D eigenvalue weighted by atomic mass is 10.1. The summed E-state index contributed by atoms with van der Waals surface area (Å²) in [6, 6.07) is 5.83. The predicted octanol–water partition coefficient (Wildman–Crippen LogP) is 4.01. The molecule has 1 N–H and O–H groups in total. The predicted molar refractivity (Wildman–Crippen MR) is 75.6 cm³/mol. The van der Waals surface area contributed by atoms with Crippen LogP contribution >= 0.6 is 38.9 Å². The highest BCUT2D eigenvalue weighted by Gasteiger charge is 2.10. The van der Waals surface area contributed by atoms with Gasteiger partial charge in [-0.3, -0.25) is 5.10 Å². The molecular formula is C11H6BrClN4S. The van der Waals surface area contributed by atoms with E-state index in [2.05, 4.69) is 36.3 Å². The number of H-pyrrole nitrogens is 1. The normalized spacial score (nSPS) is 10.8. The molecule has 1 aromatic carbocycles. The first-order chi connectivity index (χ1) is 8.74. The Morgan fingerprint density at radius 2 is 2.11 bits per heavy atom. The fraction of sp³-hybridized carbons (Fsp3) is 0. The van der Waals surface area contributed by atoms with E-state index in [1.807, 2.05) is 24.4 Å². The molecule has 0 aliphatic heterocycles. The van der Waals surface area contributed by atoms with E-state index in [0.717, 1.165) is 25.6 Å². The van der Waals surface area contributed by atoms with Crippen molar-refractivity contribution in [2.24, 2.45) is 0 Å². The van der Waals surface area contributed by atoms with Gasteiger partial charge in [-0.2, -0.15) is 5.10 Å². The number of aromatic amines is 1. The fourth-order valence-electron chi connectivity index (χ4n) is 1.59. The Balaban J connectivity index is 2.04. The van der Waals surface area contributed by atoms with Crippen LogP contribution in [0.2, 0.25) is 5.02 Å². The molecule has 0 fully saturated rings. The third-order valence-corrected chi connectivity index (χ3v) is 4.13. The van der Waals surface area contributed by atoms with Gasteiger partial charge < -0.3 is 0 Å². The first kappa shape index (κ1) is 11.8. The summed E-state index contributed by atoms with van der Waals surface area (Å²) in [4.78, 5) is 0. The highest BCUT2D eigenvalue weighted by molar-refractivity contribution is 9.11. The minimum Gasteiger partial charge on any atom is -0.285 e. The van der Waals surface area contributed by atoms with E-state index < -0.39 is 0 Å². The molecule has 4 nitrogen and oxygen atoms in total. The van der Waals surface area contributed by atoms with Crippen LogP contribution in [0, 0.1) is 0 Å². The van der Waals surface area contributed by atoms with Gasteiger partial charge in [0.2, 0.25) is 0 Å². The number of hydrogen-bond acceptors (Lipinski definition) is 4. The van der Waals surface area contributed by atoms with Crippen molar-refractivity contribution in [3.63, 3.8) is 0 Å². The van der Waals surface area contributed by atoms with Gasteiger partial charge in [-0.25, -0.2) is 0 Å². The highest BCUT2D eigenvalue weighted by Crippen LogP contribution is 2.34. The van der Waals surface area contributed by atoms with E-state index in [9.17, 15) is 0 Å². The summed E-state index contributed by atoms with van der Waals surface area (Å²) in [7, 11) is 0. The molecule has 0 saturated heterocycles. The zero-order chi connectivity index (χ0) is 12.5. The molecular weight excluding hydrogens is 336 g/mol. The Morgan fingerprint density at radius 1 is 1.22 bits per heavy atom. The molecule has 0 amide bonds. The number of rotatable bonds is 2. The van der Waals surface area contributed by atoms with Crippen molar-refractivity contribution in [3.05, 3.63) is 39.5 Å². The van der Waals surface area contributed by atoms with Crippen molar-refractivity contribution in [1.29, 1.82) is 0 Å². The zero-order valence-electron chi connectivity index (χ0n) is 8.89. The smallest absolute Gasteiger partial charge is 0.183 e. The third-order valence-electron chi connectivity index (χ3n) is 2.43. The number of halogens is 2. The molecule has 0 unspecified atom stereocenters. The van der Waals surface area contributed by atoms with Crippen LogP contribution in [0.25, 0.3) is 21.7 Å². The van der Waals surface area contributed by atoms with Crippen LogP contribution in [0.5, 0.6) is 0 Å². The Labute approximate surface area is 120 Å². The van der Waals surface area contributed by atoms with E-state index in [-0.39, 0.29) is 0 Å². The Kier molecular flexibility index (Phi) is 3.15. The van der Waals surface area contributed by atoms with E-state index in [0.29, 0.717) is 5.02 Å². The van der Waals surface area contributed by atoms with Gasteiger partial charge in [0, 0.05) is 17.3 Å². The molecule has 0 spiro atoms. The third kappa shape index (κ3) is 2.19. The van der Waals surface area contributed by atoms with Gasteiger partial charge in [0.05, 0.1) is 11.2 Å². The van der Waals surface area contributed by atoms with Gasteiger partial charge in [0.1, 0.15) is 5.01 Å². The lowest BCUT2D eigenvalue weighted by Crippen LogP contribution is -1.81. The first-order valence-corrected chi connectivity index (χ1v) is 7.01. The summed E-state index contributed by atoms with van der Waals surface area (Å²) < 4.78 is 0.743. The highest BCUT2D eigenvalue weighted by atomic mass is 79.9. The molecule has 3 aromatic rings. The standard InChI is InChI=1S/C11H6BrClN4S/c12-11-17-16-10(18-11)8-2-1-6(3-9(8)13)7-4-14-15-5-7/h1-5H,(H,14,15). The Hall–Kier alpha value is -1.24. The van der Waals surface area contributed by atoms with Crippen molar-refractivity contribution in [2.75, 3.05) is 0 Å². The summed E-state index contributed by atoms with van der Waals surface area (Å²) in [6.07, 6.45) is 3.58. The van der Waals surface area contributed by atoms with Crippen LogP contribution in [0.4, 0.5) is 0 Å². The van der Waals surface area contributed by atoms with Crippen molar-refractivity contribution in [3.8, 4) is 21.7 Å². The molecule has 3 rings (SSSR count). The maximum atomic E-state index is 6.28. The van der Waals surface area contributed by atoms with Crippen molar-refractivity contribution in [1.82, 2.24) is 20.4 Å². The van der Waals surface area contributed by atoms with E-state index in [1.165, 1.54) is 11.3 Å². The van der Waals surface area contributed by atoms with Crippen LogP contribution in [0.1, 0.15) is 0 Å². The lowest BCUT2D eigenvalue weighted by Gasteiger charge is -2.02. The van der Waals surface area contributed by atoms with Crippen LogP contribution in [-0.2, 0) is 0 Å². The van der Waals surface area contributed by atoms with Crippen molar-refractivity contribution < 1.29 is 0 Å². The van der Waals surface area contributed by atoms with Gasteiger partial charge in [0.15, 0.2) is 3.92 Å². The molecule has 0 atom stereocenters. The largest absolute Gasteiger partial charge is 0.285 e. The van der Waals surface area contributed by atoms with Crippen molar-refractivity contribution in [2.45, 2.75) is 0 Å². The molecule has 7 heteroatoms. The van der Waals surface area contributed by atoms with E-state index in [4.69, 9.17) is 11.6 Å². The SMILES string of the molecule is Clc1cc(-c2cn[nH]c2)ccc1-c1nnc(Br)s1. The van der Waals surface area contributed by atoms with Gasteiger partial charge in [-0.05, 0) is 33.6 Å². The quantitative estimate of drug-likeness (QED) is 0.766. The van der Waals surface area contributed by atoms with E-state index in [1.54, 1.807) is 6.20 Å². The number of aromatic nitrogens is 4. The van der Waals surface area contributed by atoms with Crippen molar-refractivity contribution >= 4 is 38.9 Å². The maximum Gasteiger partial charge on any atom is 0.183 e. The minimum atomic E-state index is 0.650. The molecule has 0 radical (unpaired) electrons. The molecule has 0 aliphatic rings. The van der Waals surface area contributed by atoms with Gasteiger partial charge in [-0.1, -0.05) is 29.0 Å². The molecule has 18 heavy (non-hydrogen) atoms. The second kappa shape index (κ2) is 4.79. The van der Waals surface area contributed by atoms with Gasteiger partial charge >= 0.3 is 0 Å². The lowest BCUT2D eigenvalue weighted by molar-refractivity contribution is 1.08. The molecule has 0 bridgehead atoms. The Bertz CT molecular complexity index is 680. The molecule has 2 aromatic heterocycles. The number of benzene rings is 1. The molecule has 0 aliphatic carbocycles. The second-order valence-electron chi connectivity index (χ2n) is 3.54. The molecule has 2 heterocycles. The summed E-state index contributed by atoms with van der Waals surface area (Å²) in [5.74, 6) is 0. The van der Waals surface area contributed by atoms with Crippen LogP contribution in [0.3, 0.4) is 0 Å². The van der Waals surface area contributed by atoms with E-state index >= 15 is 0 Å². The first-order valence-electron chi connectivity index (χ1n) is 5.02. The number of nitrogens with one attached hydrogen (secondary N) is 1. The fourth-order valence-corrected chi connectivity index (χ4v) is 3.07. The number of nitrogens with zero attached hydrogens (tertiary/aromatic N) is 3. The summed E-state index contributed by atoms with van der Waals surface area (Å²) in [5, 5.41) is 16.1. The summed E-state index contributed by atoms with van der Waals surface area (Å²) in [6.45, 7) is 0. The van der Waals surface area contributed by atoms with Crippen LogP contribution in [-0.4, -0.2) is 20.4 Å². The number of hydrogen-bond donors (Lipinski definition) is 1. The average Bonchev–Trinajstić information content (AvgIpc) is 2.99. The molecule has 90 valence electrons. The van der Waals surface area contributed by atoms with Crippen LogP contribution < -0.4 is 0 Å². The summed E-state index contributed by atoms with van der Waals surface area (Å²) >= 11 is 11.0. The second-order valence-corrected chi connectivity index (χ2v) is 6.20. The van der Waals surface area contributed by atoms with Gasteiger partial charge in [0.25, 0.3) is 0 Å². The zero-order valence-corrected chi connectivity index (χ0v) is 12.1. The van der Waals surface area contributed by atoms with Crippen LogP contribution in [0.15, 0.2) is 34.5 Å². The minimum absolute atomic E-state index is 0.650. The summed E-state index contributed by atoms with van der Waals surface area (Å²) in [5.41, 5.74) is 2.90. The van der Waals surface area contributed by atoms with Gasteiger partial charge in [-0.15, -0.1) is 10.2 Å².